The van der Waals surface area contributed by atoms with Gasteiger partial charge in [0.2, 0.25) is 10.0 Å². The molecule has 0 aliphatic carbocycles. The van der Waals surface area contributed by atoms with Crippen molar-refractivity contribution in [1.82, 2.24) is 14.8 Å². The van der Waals surface area contributed by atoms with Crippen LogP contribution in [0.25, 0.3) is 21.9 Å². The zero-order valence-corrected chi connectivity index (χ0v) is 15.1. The van der Waals surface area contributed by atoms with Crippen molar-refractivity contribution < 1.29 is 17.5 Å². The number of hydrogen-bond donors (Lipinski definition) is 1. The van der Waals surface area contributed by atoms with Crippen molar-refractivity contribution in [1.29, 1.82) is 0 Å². The number of primary sulfonamides is 1. The molecule has 0 radical (unpaired) electrons. The third kappa shape index (κ3) is 3.11. The fourth-order valence-electron chi connectivity index (χ4n) is 3.07. The fraction of sp³-hybridized carbons (Fsp3) is 0.111. The van der Waals surface area contributed by atoms with E-state index in [0.717, 1.165) is 10.9 Å². The second kappa shape index (κ2) is 6.29. The summed E-state index contributed by atoms with van der Waals surface area (Å²) in [6.45, 7) is 0.331. The quantitative estimate of drug-likeness (QED) is 0.581. The molecule has 7 nitrogen and oxygen atoms in total. The van der Waals surface area contributed by atoms with Gasteiger partial charge in [0, 0.05) is 24.2 Å². The monoisotopic (exact) mass is 386 g/mol. The normalized spacial score (nSPS) is 12.0. The summed E-state index contributed by atoms with van der Waals surface area (Å²) in [4.78, 5) is -0.521. The first-order valence-electron chi connectivity index (χ1n) is 7.97. The number of fused-ring (bicyclic) bond motifs is 3. The molecule has 2 aromatic heterocycles. The van der Waals surface area contributed by atoms with Gasteiger partial charge in [-0.25, -0.2) is 17.9 Å². The lowest BCUT2D eigenvalue weighted by atomic mass is 10.2. The van der Waals surface area contributed by atoms with Crippen molar-refractivity contribution in [3.05, 3.63) is 60.0 Å². The first-order chi connectivity index (χ1) is 12.9. The summed E-state index contributed by atoms with van der Waals surface area (Å²) >= 11 is 0. The van der Waals surface area contributed by atoms with E-state index < -0.39 is 20.7 Å². The molecule has 2 N–H and O–H groups in total. The largest absolute Gasteiger partial charge is 0.497 e. The second-order valence-corrected chi connectivity index (χ2v) is 7.60. The van der Waals surface area contributed by atoms with Gasteiger partial charge in [-0.2, -0.15) is 0 Å². The Hall–Kier alpha value is -3.04. The zero-order valence-electron chi connectivity index (χ0n) is 14.3. The molecule has 27 heavy (non-hydrogen) atoms. The van der Waals surface area contributed by atoms with Gasteiger partial charge in [0.15, 0.2) is 0 Å². The number of nitrogens with zero attached hydrogens (tertiary/aromatic N) is 3. The summed E-state index contributed by atoms with van der Waals surface area (Å²) < 4.78 is 44.0. The average molecular weight is 386 g/mol. The van der Waals surface area contributed by atoms with Crippen LogP contribution in [-0.4, -0.2) is 30.3 Å². The van der Waals surface area contributed by atoms with Crippen LogP contribution in [-0.2, 0) is 16.6 Å². The lowest BCUT2D eigenvalue weighted by Crippen LogP contribution is -2.14. The summed E-state index contributed by atoms with van der Waals surface area (Å²) in [5.74, 6) is -0.198. The number of hydrogen-bond acceptors (Lipinski definition) is 5. The van der Waals surface area contributed by atoms with Gasteiger partial charge in [-0.15, -0.1) is 10.2 Å². The Morgan fingerprint density at radius 2 is 1.89 bits per heavy atom. The van der Waals surface area contributed by atoms with Crippen molar-refractivity contribution >= 4 is 32.0 Å². The number of aromatic nitrogens is 3. The number of halogens is 1. The van der Waals surface area contributed by atoms with Crippen molar-refractivity contribution in [3.8, 4) is 5.75 Å². The molecule has 0 spiro atoms. The Kier molecular flexibility index (Phi) is 4.05. The van der Waals surface area contributed by atoms with Crippen LogP contribution in [0.15, 0.2) is 53.6 Å². The Morgan fingerprint density at radius 3 is 2.59 bits per heavy atom. The van der Waals surface area contributed by atoms with Crippen molar-refractivity contribution in [2.24, 2.45) is 5.14 Å². The number of methoxy groups -OCH3 is 1. The number of ether oxygens (including phenoxy) is 1. The number of benzene rings is 2. The van der Waals surface area contributed by atoms with Crippen LogP contribution in [0.3, 0.4) is 0 Å². The maximum Gasteiger partial charge on any atom is 0.240 e. The summed E-state index contributed by atoms with van der Waals surface area (Å²) in [5.41, 5.74) is 2.82. The first kappa shape index (κ1) is 17.4. The molecule has 0 unspecified atom stereocenters. The van der Waals surface area contributed by atoms with E-state index in [2.05, 4.69) is 10.2 Å². The van der Waals surface area contributed by atoms with Crippen LogP contribution in [0.2, 0.25) is 0 Å². The van der Waals surface area contributed by atoms with E-state index in [1.165, 1.54) is 18.2 Å². The molecular formula is C18H15FN4O3S. The topological polar surface area (TPSA) is 100 Å². The van der Waals surface area contributed by atoms with Gasteiger partial charge in [-0.1, -0.05) is 6.07 Å². The lowest BCUT2D eigenvalue weighted by molar-refractivity contribution is 0.415. The van der Waals surface area contributed by atoms with Gasteiger partial charge in [-0.3, -0.25) is 0 Å². The smallest absolute Gasteiger partial charge is 0.240 e. The lowest BCUT2D eigenvalue weighted by Gasteiger charge is -2.09. The van der Waals surface area contributed by atoms with Crippen LogP contribution >= 0.6 is 0 Å². The highest BCUT2D eigenvalue weighted by atomic mass is 32.2. The van der Waals surface area contributed by atoms with Crippen molar-refractivity contribution in [2.45, 2.75) is 11.4 Å². The number of rotatable bonds is 4. The Morgan fingerprint density at radius 1 is 1.11 bits per heavy atom. The molecule has 4 rings (SSSR count). The van der Waals surface area contributed by atoms with E-state index in [9.17, 15) is 12.8 Å². The predicted octanol–water partition coefficient (Wildman–Crippen LogP) is 2.43. The SMILES string of the molecule is COc1ccc2c(c1)nnc1ccn(Cc3ccc(S(N)(=O)=O)c(F)c3)c12. The summed E-state index contributed by atoms with van der Waals surface area (Å²) in [7, 11) is -2.52. The number of nitrogens with two attached hydrogens (primary N) is 1. The molecule has 0 fully saturated rings. The van der Waals surface area contributed by atoms with Gasteiger partial charge in [0.25, 0.3) is 0 Å². The molecule has 2 heterocycles. The highest BCUT2D eigenvalue weighted by Crippen LogP contribution is 2.27. The molecule has 4 aromatic rings. The van der Waals surface area contributed by atoms with Crippen LogP contribution in [0.1, 0.15) is 5.56 Å². The molecule has 0 atom stereocenters. The molecule has 0 saturated heterocycles. The fourth-order valence-corrected chi connectivity index (χ4v) is 3.65. The third-order valence-electron chi connectivity index (χ3n) is 4.32. The zero-order chi connectivity index (χ0) is 19.2. The van der Waals surface area contributed by atoms with Gasteiger partial charge in [-0.05, 0) is 35.9 Å². The second-order valence-electron chi connectivity index (χ2n) is 6.07. The maximum absolute atomic E-state index is 14.1. The average Bonchev–Trinajstić information content (AvgIpc) is 3.03. The van der Waals surface area contributed by atoms with Gasteiger partial charge in [0.05, 0.1) is 18.1 Å². The molecule has 2 aromatic carbocycles. The molecule has 9 heteroatoms. The summed E-state index contributed by atoms with van der Waals surface area (Å²) in [6, 6.07) is 11.2. The van der Waals surface area contributed by atoms with Crippen LogP contribution in [0.5, 0.6) is 5.75 Å². The van der Waals surface area contributed by atoms with E-state index in [1.807, 2.05) is 29.0 Å². The summed E-state index contributed by atoms with van der Waals surface area (Å²) in [6.07, 6.45) is 1.83. The minimum Gasteiger partial charge on any atom is -0.497 e. The Labute approximate surface area is 154 Å². The van der Waals surface area contributed by atoms with Gasteiger partial charge >= 0.3 is 0 Å². The predicted molar refractivity (Wildman–Crippen MR) is 98.5 cm³/mol. The molecule has 0 aliphatic rings. The van der Waals surface area contributed by atoms with Crippen LogP contribution in [0.4, 0.5) is 4.39 Å². The van der Waals surface area contributed by atoms with E-state index in [0.29, 0.717) is 28.9 Å². The first-order valence-corrected chi connectivity index (χ1v) is 9.52. The third-order valence-corrected chi connectivity index (χ3v) is 5.27. The Balaban J connectivity index is 1.81. The van der Waals surface area contributed by atoms with E-state index >= 15 is 0 Å². The van der Waals surface area contributed by atoms with E-state index in [1.54, 1.807) is 13.2 Å². The van der Waals surface area contributed by atoms with E-state index in [-0.39, 0.29) is 0 Å². The van der Waals surface area contributed by atoms with Gasteiger partial charge < -0.3 is 9.30 Å². The molecular weight excluding hydrogens is 371 g/mol. The minimum absolute atomic E-state index is 0.331. The molecule has 0 saturated carbocycles. The standard InChI is InChI=1S/C18H15FN4O3S/c1-26-12-3-4-13-16(9-12)22-21-15-6-7-23(18(13)15)10-11-2-5-17(14(19)8-11)27(20,24)25/h2-9H,10H2,1H3,(H2,20,24,25). The molecule has 0 bridgehead atoms. The Bertz CT molecular complexity index is 1280. The van der Waals surface area contributed by atoms with Gasteiger partial charge in [0.1, 0.15) is 22.0 Å². The molecule has 0 amide bonds. The minimum atomic E-state index is -4.09. The van der Waals surface area contributed by atoms with Crippen LogP contribution < -0.4 is 9.88 Å². The van der Waals surface area contributed by atoms with Crippen molar-refractivity contribution in [2.75, 3.05) is 7.11 Å². The molecule has 0 aliphatic heterocycles. The van der Waals surface area contributed by atoms with Crippen LogP contribution in [0, 0.1) is 5.82 Å². The van der Waals surface area contributed by atoms with E-state index in [4.69, 9.17) is 9.88 Å². The van der Waals surface area contributed by atoms with Crippen molar-refractivity contribution in [3.63, 3.8) is 0 Å². The number of sulfonamides is 1. The highest BCUT2D eigenvalue weighted by Gasteiger charge is 2.15. The summed E-state index contributed by atoms with van der Waals surface area (Å²) in [5, 5.41) is 14.3. The maximum atomic E-state index is 14.1. The highest BCUT2D eigenvalue weighted by molar-refractivity contribution is 7.89. The molecule has 138 valence electrons.